The fourth-order valence-electron chi connectivity index (χ4n) is 1.50. The minimum Gasteiger partial charge on any atom is -0.481 e. The van der Waals surface area contributed by atoms with Gasteiger partial charge in [0.1, 0.15) is 0 Å². The number of hydrogen-bond donors (Lipinski definition) is 3. The number of H-pyrrole nitrogens is 1. The van der Waals surface area contributed by atoms with E-state index in [4.69, 9.17) is 5.11 Å². The van der Waals surface area contributed by atoms with Gasteiger partial charge < -0.3 is 10.4 Å². The normalized spacial score (nSPS) is 13.9. The van der Waals surface area contributed by atoms with Crippen LogP contribution in [0.3, 0.4) is 0 Å². The first-order valence-electron chi connectivity index (χ1n) is 6.03. The van der Waals surface area contributed by atoms with E-state index in [1.54, 1.807) is 13.0 Å². The molecular weight excluding hydrogens is 234 g/mol. The minimum absolute atomic E-state index is 0.334. The number of aromatic nitrogens is 2. The molecule has 2 unspecified atom stereocenters. The molecule has 1 rings (SSSR count). The van der Waals surface area contributed by atoms with Crippen molar-refractivity contribution in [3.05, 3.63) is 11.8 Å². The molecule has 0 radical (unpaired) electrons. The molecule has 0 saturated carbocycles. The SMILES string of the molecule is CCCc1cc(NC(=O)C(C)C(C)C(=O)O)n[nH]1. The van der Waals surface area contributed by atoms with Crippen molar-refractivity contribution in [3.8, 4) is 0 Å². The van der Waals surface area contributed by atoms with Crippen LogP contribution in [0.15, 0.2) is 6.07 Å². The number of carboxylic acids is 1. The van der Waals surface area contributed by atoms with E-state index in [9.17, 15) is 9.59 Å². The van der Waals surface area contributed by atoms with Gasteiger partial charge in [0.2, 0.25) is 5.91 Å². The second-order valence-corrected chi connectivity index (χ2v) is 4.43. The van der Waals surface area contributed by atoms with Gasteiger partial charge in [0, 0.05) is 17.7 Å². The zero-order valence-electron chi connectivity index (χ0n) is 10.9. The van der Waals surface area contributed by atoms with E-state index < -0.39 is 17.8 Å². The molecule has 0 bridgehead atoms. The van der Waals surface area contributed by atoms with Crippen molar-refractivity contribution in [3.63, 3.8) is 0 Å². The highest BCUT2D eigenvalue weighted by Gasteiger charge is 2.26. The Bertz CT molecular complexity index is 428. The Morgan fingerprint density at radius 2 is 2.11 bits per heavy atom. The van der Waals surface area contributed by atoms with E-state index in [-0.39, 0.29) is 5.91 Å². The van der Waals surface area contributed by atoms with Crippen LogP contribution in [0.2, 0.25) is 0 Å². The lowest BCUT2D eigenvalue weighted by atomic mass is 9.95. The molecule has 1 aromatic rings. The summed E-state index contributed by atoms with van der Waals surface area (Å²) in [7, 11) is 0. The Labute approximate surface area is 106 Å². The van der Waals surface area contributed by atoms with Gasteiger partial charge in [0.05, 0.1) is 5.92 Å². The Balaban J connectivity index is 2.60. The maximum absolute atomic E-state index is 11.8. The van der Waals surface area contributed by atoms with Crippen LogP contribution in [0.5, 0.6) is 0 Å². The second-order valence-electron chi connectivity index (χ2n) is 4.43. The molecule has 1 aromatic heterocycles. The lowest BCUT2D eigenvalue weighted by Crippen LogP contribution is -2.30. The number of aromatic amines is 1. The molecular formula is C12H19N3O3. The van der Waals surface area contributed by atoms with Gasteiger partial charge in [-0.3, -0.25) is 14.7 Å². The van der Waals surface area contributed by atoms with Crippen LogP contribution in [0.4, 0.5) is 5.82 Å². The lowest BCUT2D eigenvalue weighted by molar-refractivity contribution is -0.145. The van der Waals surface area contributed by atoms with Gasteiger partial charge in [-0.05, 0) is 6.42 Å². The van der Waals surface area contributed by atoms with Gasteiger partial charge in [-0.25, -0.2) is 0 Å². The number of aliphatic carboxylic acids is 1. The Morgan fingerprint density at radius 1 is 1.44 bits per heavy atom. The van der Waals surface area contributed by atoms with Crippen LogP contribution in [0.1, 0.15) is 32.9 Å². The van der Waals surface area contributed by atoms with E-state index in [0.717, 1.165) is 18.5 Å². The van der Waals surface area contributed by atoms with E-state index in [2.05, 4.69) is 22.4 Å². The fourth-order valence-corrected chi connectivity index (χ4v) is 1.50. The van der Waals surface area contributed by atoms with Gasteiger partial charge in [0.15, 0.2) is 5.82 Å². The van der Waals surface area contributed by atoms with Crippen molar-refractivity contribution in [2.24, 2.45) is 11.8 Å². The van der Waals surface area contributed by atoms with Crippen molar-refractivity contribution in [1.29, 1.82) is 0 Å². The van der Waals surface area contributed by atoms with Crippen molar-refractivity contribution < 1.29 is 14.7 Å². The first kappa shape index (κ1) is 14.2. The van der Waals surface area contributed by atoms with Crippen molar-refractivity contribution in [2.75, 3.05) is 5.32 Å². The van der Waals surface area contributed by atoms with Crippen molar-refractivity contribution in [2.45, 2.75) is 33.6 Å². The Hall–Kier alpha value is -1.85. The Kier molecular flexibility index (Phi) is 4.88. The summed E-state index contributed by atoms with van der Waals surface area (Å²) in [6.45, 7) is 5.16. The molecule has 0 aromatic carbocycles. The first-order valence-corrected chi connectivity index (χ1v) is 6.03. The molecule has 3 N–H and O–H groups in total. The number of hydrogen-bond acceptors (Lipinski definition) is 3. The van der Waals surface area contributed by atoms with E-state index >= 15 is 0 Å². The molecule has 100 valence electrons. The van der Waals surface area contributed by atoms with Gasteiger partial charge in [-0.1, -0.05) is 27.2 Å². The number of aryl methyl sites for hydroxylation is 1. The number of carbonyl (C=O) groups is 2. The molecule has 0 spiro atoms. The van der Waals surface area contributed by atoms with E-state index in [1.807, 2.05) is 0 Å². The van der Waals surface area contributed by atoms with E-state index in [0.29, 0.717) is 5.82 Å². The maximum Gasteiger partial charge on any atom is 0.307 e. The largest absolute Gasteiger partial charge is 0.481 e. The quantitative estimate of drug-likeness (QED) is 0.718. The highest BCUT2D eigenvalue weighted by atomic mass is 16.4. The molecule has 6 heteroatoms. The zero-order chi connectivity index (χ0) is 13.7. The van der Waals surface area contributed by atoms with Crippen LogP contribution in [0, 0.1) is 11.8 Å². The molecule has 1 amide bonds. The summed E-state index contributed by atoms with van der Waals surface area (Å²) in [6.07, 6.45) is 1.85. The number of nitrogens with zero attached hydrogens (tertiary/aromatic N) is 1. The number of carbonyl (C=O) groups excluding carboxylic acids is 1. The monoisotopic (exact) mass is 253 g/mol. The highest BCUT2D eigenvalue weighted by Crippen LogP contribution is 2.14. The summed E-state index contributed by atoms with van der Waals surface area (Å²) in [4.78, 5) is 22.6. The lowest BCUT2D eigenvalue weighted by Gasteiger charge is -2.14. The predicted octanol–water partition coefficient (Wildman–Crippen LogP) is 1.66. The smallest absolute Gasteiger partial charge is 0.307 e. The van der Waals surface area contributed by atoms with Crippen LogP contribution < -0.4 is 5.32 Å². The number of anilines is 1. The molecule has 6 nitrogen and oxygen atoms in total. The van der Waals surface area contributed by atoms with Crippen molar-refractivity contribution in [1.82, 2.24) is 10.2 Å². The summed E-state index contributed by atoms with van der Waals surface area (Å²) < 4.78 is 0. The number of amides is 1. The second kappa shape index (κ2) is 6.18. The van der Waals surface area contributed by atoms with Crippen LogP contribution in [-0.2, 0) is 16.0 Å². The number of carboxylic acid groups (broad SMARTS) is 1. The third kappa shape index (κ3) is 3.58. The summed E-state index contributed by atoms with van der Waals surface area (Å²) >= 11 is 0. The summed E-state index contributed by atoms with van der Waals surface area (Å²) in [6, 6.07) is 1.76. The molecule has 0 fully saturated rings. The molecule has 0 aliphatic carbocycles. The third-order valence-corrected chi connectivity index (χ3v) is 2.95. The van der Waals surface area contributed by atoms with Gasteiger partial charge in [-0.2, -0.15) is 5.10 Å². The van der Waals surface area contributed by atoms with E-state index in [1.165, 1.54) is 6.92 Å². The predicted molar refractivity (Wildman–Crippen MR) is 67.2 cm³/mol. The average molecular weight is 253 g/mol. The molecule has 1 heterocycles. The Morgan fingerprint density at radius 3 is 2.67 bits per heavy atom. The maximum atomic E-state index is 11.8. The zero-order valence-corrected chi connectivity index (χ0v) is 10.9. The molecule has 0 aliphatic rings. The van der Waals surface area contributed by atoms with Crippen LogP contribution in [0.25, 0.3) is 0 Å². The van der Waals surface area contributed by atoms with Gasteiger partial charge in [0.25, 0.3) is 0 Å². The summed E-state index contributed by atoms with van der Waals surface area (Å²) in [5.74, 6) is -2.20. The molecule has 0 aliphatic heterocycles. The minimum atomic E-state index is -0.980. The average Bonchev–Trinajstić information content (AvgIpc) is 2.75. The highest BCUT2D eigenvalue weighted by molar-refractivity contribution is 5.94. The number of nitrogens with one attached hydrogen (secondary N) is 2. The summed E-state index contributed by atoms with van der Waals surface area (Å²) in [5.41, 5.74) is 0.951. The summed E-state index contributed by atoms with van der Waals surface area (Å²) in [5, 5.41) is 18.2. The third-order valence-electron chi connectivity index (χ3n) is 2.95. The fraction of sp³-hybridized carbons (Fsp3) is 0.583. The standard InChI is InChI=1S/C12H19N3O3/c1-4-5-9-6-10(15-14-9)13-11(16)7(2)8(3)12(17)18/h6-8H,4-5H2,1-3H3,(H,17,18)(H2,13,14,15,16). The van der Waals surface area contributed by atoms with Crippen LogP contribution >= 0.6 is 0 Å². The van der Waals surface area contributed by atoms with Crippen LogP contribution in [-0.4, -0.2) is 27.2 Å². The molecule has 18 heavy (non-hydrogen) atoms. The first-order chi connectivity index (χ1) is 8.45. The molecule has 2 atom stereocenters. The molecule has 0 saturated heterocycles. The van der Waals surface area contributed by atoms with Gasteiger partial charge in [-0.15, -0.1) is 0 Å². The number of rotatable bonds is 6. The topological polar surface area (TPSA) is 95.1 Å². The van der Waals surface area contributed by atoms with Gasteiger partial charge >= 0.3 is 5.97 Å². The van der Waals surface area contributed by atoms with Crippen molar-refractivity contribution >= 4 is 17.7 Å².